The van der Waals surface area contributed by atoms with E-state index >= 15 is 0 Å². The van der Waals surface area contributed by atoms with Crippen LogP contribution in [0.4, 0.5) is 16.4 Å². The van der Waals surface area contributed by atoms with Crippen LogP contribution in [0, 0.1) is 0 Å². The Balaban J connectivity index is 1.57. The average molecular weight is 395 g/mol. The van der Waals surface area contributed by atoms with E-state index in [4.69, 9.17) is 4.98 Å². The number of aromatic carboxylic acids is 1. The predicted molar refractivity (Wildman–Crippen MR) is 110 cm³/mol. The van der Waals surface area contributed by atoms with E-state index in [1.165, 1.54) is 6.07 Å². The Morgan fingerprint density at radius 3 is 2.79 bits per heavy atom. The van der Waals surface area contributed by atoms with E-state index in [0.717, 1.165) is 36.9 Å². The Hall–Kier alpha value is -3.16. The molecule has 2 amide bonds. The fraction of sp³-hybridized carbons (Fsp3) is 0.429. The van der Waals surface area contributed by atoms with E-state index in [9.17, 15) is 14.7 Å². The Labute approximate surface area is 169 Å². The van der Waals surface area contributed by atoms with Crippen LogP contribution in [0.5, 0.6) is 0 Å². The third-order valence-electron chi connectivity index (χ3n) is 5.89. The molecule has 8 nitrogen and oxygen atoms in total. The van der Waals surface area contributed by atoms with E-state index in [2.05, 4.69) is 10.3 Å². The smallest absolute Gasteiger partial charge is 0.337 e. The van der Waals surface area contributed by atoms with Gasteiger partial charge in [-0.15, -0.1) is 0 Å². The van der Waals surface area contributed by atoms with Gasteiger partial charge in [-0.2, -0.15) is 0 Å². The fourth-order valence-corrected chi connectivity index (χ4v) is 4.42. The van der Waals surface area contributed by atoms with Crippen molar-refractivity contribution in [2.45, 2.75) is 31.1 Å². The molecule has 2 heterocycles. The molecule has 1 saturated heterocycles. The number of amides is 2. The third-order valence-corrected chi connectivity index (χ3v) is 5.89. The zero-order chi connectivity index (χ0) is 20.6. The predicted octanol–water partition coefficient (Wildman–Crippen LogP) is 2.75. The van der Waals surface area contributed by atoms with Crippen LogP contribution in [0.2, 0.25) is 0 Å². The van der Waals surface area contributed by atoms with Gasteiger partial charge in [-0.3, -0.25) is 0 Å². The summed E-state index contributed by atoms with van der Waals surface area (Å²) in [6.07, 6.45) is 5.65. The molecule has 0 bridgehead atoms. The number of carbonyl (C=O) groups is 2. The summed E-state index contributed by atoms with van der Waals surface area (Å²) < 4.78 is 0. The van der Waals surface area contributed by atoms with Gasteiger partial charge >= 0.3 is 12.0 Å². The number of nitrogens with zero attached hydrogens (tertiary/aromatic N) is 4. The molecule has 1 aliphatic heterocycles. The van der Waals surface area contributed by atoms with Gasteiger partial charge in [0.2, 0.25) is 5.95 Å². The Morgan fingerprint density at radius 1 is 1.24 bits per heavy atom. The second kappa shape index (κ2) is 7.35. The van der Waals surface area contributed by atoms with Gasteiger partial charge in [0.1, 0.15) is 0 Å². The monoisotopic (exact) mass is 395 g/mol. The number of piperidine rings is 1. The first-order valence-electron chi connectivity index (χ1n) is 9.82. The first kappa shape index (κ1) is 19.2. The van der Waals surface area contributed by atoms with Gasteiger partial charge in [-0.25, -0.2) is 19.6 Å². The maximum absolute atomic E-state index is 13.0. The summed E-state index contributed by atoms with van der Waals surface area (Å²) in [5.74, 6) is -0.379. The molecular weight excluding hydrogens is 370 g/mol. The number of hydrogen-bond donors (Lipinski definition) is 2. The highest BCUT2D eigenvalue weighted by Crippen LogP contribution is 2.44. The number of anilines is 2. The van der Waals surface area contributed by atoms with E-state index in [0.29, 0.717) is 24.7 Å². The number of para-hydroxylation sites is 1. The van der Waals surface area contributed by atoms with Gasteiger partial charge < -0.3 is 20.2 Å². The van der Waals surface area contributed by atoms with Crippen molar-refractivity contribution in [2.75, 3.05) is 37.4 Å². The van der Waals surface area contributed by atoms with Crippen molar-refractivity contribution < 1.29 is 14.7 Å². The summed E-state index contributed by atoms with van der Waals surface area (Å²) in [6.45, 7) is 1.22. The minimum absolute atomic E-state index is 0.0853. The number of rotatable bonds is 3. The van der Waals surface area contributed by atoms with E-state index in [-0.39, 0.29) is 17.0 Å². The lowest BCUT2D eigenvalue weighted by Crippen LogP contribution is -2.49. The Kier molecular flexibility index (Phi) is 4.86. The van der Waals surface area contributed by atoms with Crippen LogP contribution in [-0.2, 0) is 11.8 Å². The lowest BCUT2D eigenvalue weighted by Gasteiger charge is -2.40. The molecule has 152 valence electrons. The minimum Gasteiger partial charge on any atom is -0.478 e. The van der Waals surface area contributed by atoms with Crippen molar-refractivity contribution in [3.8, 4) is 0 Å². The summed E-state index contributed by atoms with van der Waals surface area (Å²) in [7, 11) is 3.84. The number of aryl methyl sites for hydroxylation is 1. The molecule has 1 aromatic carbocycles. The summed E-state index contributed by atoms with van der Waals surface area (Å²) in [6, 6.07) is 6.19. The van der Waals surface area contributed by atoms with E-state index < -0.39 is 5.97 Å². The SMILES string of the molecule is CN(C)c1ncc2c(n1)C1(CCCN(C(=O)Nc3ccccc3C(=O)O)C1)CC2. The lowest BCUT2D eigenvalue weighted by atomic mass is 9.77. The maximum Gasteiger partial charge on any atom is 0.337 e. The molecule has 1 unspecified atom stereocenters. The highest BCUT2D eigenvalue weighted by atomic mass is 16.4. The van der Waals surface area contributed by atoms with Crippen LogP contribution in [0.15, 0.2) is 30.5 Å². The molecule has 1 aliphatic carbocycles. The van der Waals surface area contributed by atoms with Crippen LogP contribution in [-0.4, -0.2) is 59.2 Å². The molecule has 1 atom stereocenters. The van der Waals surface area contributed by atoms with Crippen LogP contribution >= 0.6 is 0 Å². The molecule has 2 aromatic rings. The van der Waals surface area contributed by atoms with Gasteiger partial charge in [-0.1, -0.05) is 12.1 Å². The van der Waals surface area contributed by atoms with Gasteiger partial charge in [-0.05, 0) is 43.4 Å². The van der Waals surface area contributed by atoms with Gasteiger partial charge in [0.25, 0.3) is 0 Å². The number of carboxylic acids is 1. The van der Waals surface area contributed by atoms with Gasteiger partial charge in [0, 0.05) is 38.8 Å². The van der Waals surface area contributed by atoms with Crippen LogP contribution in [0.3, 0.4) is 0 Å². The van der Waals surface area contributed by atoms with Gasteiger partial charge in [0.05, 0.1) is 16.9 Å². The number of hydrogen-bond acceptors (Lipinski definition) is 5. The largest absolute Gasteiger partial charge is 0.478 e. The van der Waals surface area contributed by atoms with Crippen molar-refractivity contribution in [3.05, 3.63) is 47.3 Å². The summed E-state index contributed by atoms with van der Waals surface area (Å²) >= 11 is 0. The highest BCUT2D eigenvalue weighted by molar-refractivity contribution is 6.00. The van der Waals surface area contributed by atoms with E-state index in [1.54, 1.807) is 23.1 Å². The van der Waals surface area contributed by atoms with Crippen molar-refractivity contribution in [3.63, 3.8) is 0 Å². The van der Waals surface area contributed by atoms with Crippen molar-refractivity contribution in [2.24, 2.45) is 0 Å². The number of aromatic nitrogens is 2. The summed E-state index contributed by atoms with van der Waals surface area (Å²) in [5.41, 5.74) is 2.45. The van der Waals surface area contributed by atoms with Crippen LogP contribution in [0.25, 0.3) is 0 Å². The number of urea groups is 1. The number of likely N-dealkylation sites (tertiary alicyclic amines) is 1. The highest BCUT2D eigenvalue weighted by Gasteiger charge is 2.45. The normalized spacial score (nSPS) is 20.4. The van der Waals surface area contributed by atoms with Crippen molar-refractivity contribution >= 4 is 23.6 Å². The molecule has 4 rings (SSSR count). The van der Waals surface area contributed by atoms with Crippen molar-refractivity contribution in [1.82, 2.24) is 14.9 Å². The number of fused-ring (bicyclic) bond motifs is 2. The summed E-state index contributed by atoms with van der Waals surface area (Å²) in [4.78, 5) is 37.3. The van der Waals surface area contributed by atoms with Gasteiger partial charge in [0.15, 0.2) is 0 Å². The number of benzene rings is 1. The molecule has 1 fully saturated rings. The quantitative estimate of drug-likeness (QED) is 0.829. The van der Waals surface area contributed by atoms with Crippen LogP contribution < -0.4 is 10.2 Å². The second-order valence-electron chi connectivity index (χ2n) is 8.02. The molecule has 2 N–H and O–H groups in total. The molecule has 0 radical (unpaired) electrons. The number of nitrogens with one attached hydrogen (secondary N) is 1. The molecule has 2 aliphatic rings. The zero-order valence-corrected chi connectivity index (χ0v) is 16.7. The molecule has 8 heteroatoms. The third kappa shape index (κ3) is 3.50. The average Bonchev–Trinajstić information content (AvgIpc) is 3.05. The molecule has 0 saturated carbocycles. The second-order valence-corrected chi connectivity index (χ2v) is 8.02. The minimum atomic E-state index is -1.06. The summed E-state index contributed by atoms with van der Waals surface area (Å²) in [5, 5.41) is 12.1. The topological polar surface area (TPSA) is 98.7 Å². The zero-order valence-electron chi connectivity index (χ0n) is 16.7. The standard InChI is InChI=1S/C21H25N5O3/c1-25(2)19-22-12-14-8-10-21(17(14)24-19)9-5-11-26(13-21)20(29)23-16-7-4-3-6-15(16)18(27)28/h3-4,6-7,12H,5,8-11,13H2,1-2H3,(H,23,29)(H,27,28). The first-order valence-corrected chi connectivity index (χ1v) is 9.82. The Morgan fingerprint density at radius 2 is 2.03 bits per heavy atom. The maximum atomic E-state index is 13.0. The van der Waals surface area contributed by atoms with Crippen molar-refractivity contribution in [1.29, 1.82) is 0 Å². The van der Waals surface area contributed by atoms with Crippen LogP contribution in [0.1, 0.15) is 40.9 Å². The fourth-order valence-electron chi connectivity index (χ4n) is 4.42. The number of carboxylic acid groups (broad SMARTS) is 1. The molecule has 1 aromatic heterocycles. The molecule has 29 heavy (non-hydrogen) atoms. The molecule has 1 spiro atoms. The van der Waals surface area contributed by atoms with E-state index in [1.807, 2.05) is 25.2 Å². The number of carbonyl (C=O) groups excluding carboxylic acids is 1. The molecular formula is C21H25N5O3. The Bertz CT molecular complexity index is 957. The first-order chi connectivity index (χ1) is 13.9. The lowest BCUT2D eigenvalue weighted by molar-refractivity contribution is 0.0698.